The fraction of sp³-hybridized carbons (Fsp3) is 0.0833. The van der Waals surface area contributed by atoms with Gasteiger partial charge in [-0.15, -0.1) is 0 Å². The zero-order valence-corrected chi connectivity index (χ0v) is 22.0. The first-order valence-electron chi connectivity index (χ1n) is 10.0. The van der Waals surface area contributed by atoms with Crippen LogP contribution in [0.5, 0.6) is 0 Å². The van der Waals surface area contributed by atoms with Gasteiger partial charge in [-0.25, -0.2) is 44.3 Å². The SMILES string of the molecule is Fc1c(F)c(C[n+]2ccc(-c3cc[n+](Cc4c(F)c(F)c(I)c(F)c4F)cc3)cc2)c(F)c(F)c1I. The highest BCUT2D eigenvalue weighted by molar-refractivity contribution is 14.1. The molecular formula is C24H12F8I2N2+2. The Bertz CT molecular complexity index is 1300. The topological polar surface area (TPSA) is 7.76 Å². The molecule has 0 aliphatic carbocycles. The summed E-state index contributed by atoms with van der Waals surface area (Å²) in [5.74, 6) is -11.7. The molecule has 2 nitrogen and oxygen atoms in total. The van der Waals surface area contributed by atoms with Crippen molar-refractivity contribution in [2.24, 2.45) is 0 Å². The highest BCUT2D eigenvalue weighted by Gasteiger charge is 2.27. The van der Waals surface area contributed by atoms with E-state index in [2.05, 4.69) is 0 Å². The number of halogens is 10. The van der Waals surface area contributed by atoms with Crippen LogP contribution >= 0.6 is 45.2 Å². The summed E-state index contributed by atoms with van der Waals surface area (Å²) >= 11 is 2.37. The molecule has 0 bridgehead atoms. The number of pyridine rings is 2. The molecule has 2 aromatic carbocycles. The van der Waals surface area contributed by atoms with E-state index in [0.717, 1.165) is 0 Å². The van der Waals surface area contributed by atoms with Crippen molar-refractivity contribution in [1.29, 1.82) is 0 Å². The maximum Gasteiger partial charge on any atom is 0.179 e. The van der Waals surface area contributed by atoms with Gasteiger partial charge in [-0.3, -0.25) is 0 Å². The summed E-state index contributed by atoms with van der Waals surface area (Å²) in [6.45, 7) is -0.921. The van der Waals surface area contributed by atoms with Gasteiger partial charge in [0, 0.05) is 24.3 Å². The summed E-state index contributed by atoms with van der Waals surface area (Å²) in [6.07, 6.45) is 5.80. The summed E-state index contributed by atoms with van der Waals surface area (Å²) in [4.78, 5) is 0. The smallest absolute Gasteiger partial charge is 0.179 e. The van der Waals surface area contributed by atoms with E-state index >= 15 is 0 Å². The number of rotatable bonds is 5. The van der Waals surface area contributed by atoms with Gasteiger partial charge in [-0.2, -0.15) is 0 Å². The Labute approximate surface area is 226 Å². The molecule has 0 aliphatic rings. The number of hydrogen-bond acceptors (Lipinski definition) is 0. The van der Waals surface area contributed by atoms with E-state index in [0.29, 0.717) is 11.1 Å². The molecule has 12 heteroatoms. The van der Waals surface area contributed by atoms with Crippen molar-refractivity contribution in [2.45, 2.75) is 13.1 Å². The van der Waals surface area contributed by atoms with E-state index in [9.17, 15) is 35.1 Å². The quantitative estimate of drug-likeness (QED) is 0.0744. The van der Waals surface area contributed by atoms with Crippen LogP contribution in [0.2, 0.25) is 0 Å². The molecule has 0 amide bonds. The maximum absolute atomic E-state index is 14.2. The highest BCUT2D eigenvalue weighted by Crippen LogP contribution is 2.26. The van der Waals surface area contributed by atoms with Crippen LogP contribution in [0, 0.1) is 53.7 Å². The van der Waals surface area contributed by atoms with E-state index in [1.807, 2.05) is 0 Å². The second-order valence-corrected chi connectivity index (χ2v) is 9.77. The van der Waals surface area contributed by atoms with Crippen LogP contribution in [-0.2, 0) is 13.1 Å². The Morgan fingerprint density at radius 3 is 0.944 bits per heavy atom. The summed E-state index contributed by atoms with van der Waals surface area (Å²) in [5.41, 5.74) is -0.232. The molecule has 0 fully saturated rings. The van der Waals surface area contributed by atoms with Gasteiger partial charge in [0.15, 0.2) is 84.4 Å². The Morgan fingerprint density at radius 2 is 0.694 bits per heavy atom. The van der Waals surface area contributed by atoms with E-state index < -0.39 is 77.9 Å². The largest absolute Gasteiger partial charge is 0.203 e. The minimum atomic E-state index is -1.47. The third kappa shape index (κ3) is 4.93. The third-order valence-corrected chi connectivity index (χ3v) is 7.29. The molecule has 0 radical (unpaired) electrons. The number of benzene rings is 2. The molecule has 0 unspecified atom stereocenters. The molecule has 0 spiro atoms. The molecule has 36 heavy (non-hydrogen) atoms. The van der Waals surface area contributed by atoms with Gasteiger partial charge in [-0.1, -0.05) is 0 Å². The molecule has 0 saturated heterocycles. The lowest BCUT2D eigenvalue weighted by molar-refractivity contribution is -0.689. The van der Waals surface area contributed by atoms with Gasteiger partial charge in [0.2, 0.25) is 0 Å². The van der Waals surface area contributed by atoms with Crippen molar-refractivity contribution in [1.82, 2.24) is 0 Å². The third-order valence-electron chi connectivity index (χ3n) is 5.40. The molecule has 186 valence electrons. The first-order valence-corrected chi connectivity index (χ1v) is 12.2. The van der Waals surface area contributed by atoms with E-state index in [4.69, 9.17) is 0 Å². The second kappa shape index (κ2) is 10.6. The first kappa shape index (κ1) is 26.7. The zero-order valence-electron chi connectivity index (χ0n) is 17.7. The van der Waals surface area contributed by atoms with Crippen LogP contribution in [0.25, 0.3) is 11.1 Å². The Morgan fingerprint density at radius 1 is 0.444 bits per heavy atom. The first-order chi connectivity index (χ1) is 17.0. The minimum absolute atomic E-state index is 0.461. The van der Waals surface area contributed by atoms with Crippen molar-refractivity contribution < 1.29 is 44.3 Å². The number of nitrogens with zero attached hydrogens (tertiary/aromatic N) is 2. The van der Waals surface area contributed by atoms with Gasteiger partial charge in [0.05, 0.1) is 18.3 Å². The van der Waals surface area contributed by atoms with Crippen LogP contribution in [0.15, 0.2) is 49.1 Å². The molecular weight excluding hydrogens is 722 g/mol. The van der Waals surface area contributed by atoms with Crippen molar-refractivity contribution in [3.63, 3.8) is 0 Å². The molecule has 0 aliphatic heterocycles. The molecule has 2 aromatic heterocycles. The number of hydrogen-bond donors (Lipinski definition) is 0. The normalized spacial score (nSPS) is 11.3. The summed E-state index contributed by atoms with van der Waals surface area (Å²) in [7, 11) is 0. The number of aromatic nitrogens is 2. The lowest BCUT2D eigenvalue weighted by Gasteiger charge is -2.07. The van der Waals surface area contributed by atoms with E-state index in [1.165, 1.54) is 79.1 Å². The molecule has 4 rings (SSSR count). The standard InChI is InChI=1S/C24H12F8I2N2/c25-15-13(16(26)20(30)23(33)19(15)29)9-35-5-1-11(2-6-35)12-3-7-36(8-4-12)10-14-17(27)21(31)24(34)22(32)18(14)28/h1-8H,9-10H2/q+2. The minimum Gasteiger partial charge on any atom is -0.203 e. The highest BCUT2D eigenvalue weighted by atomic mass is 127. The summed E-state index contributed by atoms with van der Waals surface area (Å²) in [5, 5.41) is 0. The Balaban J connectivity index is 1.54. The monoisotopic (exact) mass is 734 g/mol. The van der Waals surface area contributed by atoms with Gasteiger partial charge < -0.3 is 0 Å². The van der Waals surface area contributed by atoms with Crippen LogP contribution in [-0.4, -0.2) is 0 Å². The average Bonchev–Trinajstić information content (AvgIpc) is 2.89. The predicted molar refractivity (Wildman–Crippen MR) is 128 cm³/mol. The summed E-state index contributed by atoms with van der Waals surface area (Å²) in [6, 6.07) is 6.33. The van der Waals surface area contributed by atoms with Gasteiger partial charge in [-0.05, 0) is 56.3 Å². The second-order valence-electron chi connectivity index (χ2n) is 7.62. The molecule has 0 N–H and O–H groups in total. The Hall–Kier alpha value is -2.36. The van der Waals surface area contributed by atoms with Crippen molar-refractivity contribution in [2.75, 3.05) is 0 Å². The van der Waals surface area contributed by atoms with Crippen LogP contribution in [0.3, 0.4) is 0 Å². The maximum atomic E-state index is 14.2. The lowest BCUT2D eigenvalue weighted by atomic mass is 10.1. The fourth-order valence-electron chi connectivity index (χ4n) is 3.45. The van der Waals surface area contributed by atoms with Crippen LogP contribution in [0.1, 0.15) is 11.1 Å². The molecule has 2 heterocycles. The zero-order chi connectivity index (χ0) is 26.3. The fourth-order valence-corrected chi connectivity index (χ4v) is 4.40. The molecule has 0 atom stereocenters. The van der Waals surface area contributed by atoms with Crippen molar-refractivity contribution in [3.8, 4) is 11.1 Å². The van der Waals surface area contributed by atoms with E-state index in [-0.39, 0.29) is 0 Å². The summed E-state index contributed by atoms with van der Waals surface area (Å²) < 4.78 is 113. The Kier molecular flexibility index (Phi) is 7.83. The predicted octanol–water partition coefficient (Wildman–Crippen LogP) is 6.35. The van der Waals surface area contributed by atoms with Crippen molar-refractivity contribution >= 4 is 45.2 Å². The van der Waals surface area contributed by atoms with Gasteiger partial charge in [0.25, 0.3) is 0 Å². The average molecular weight is 734 g/mol. The van der Waals surface area contributed by atoms with E-state index in [1.54, 1.807) is 24.3 Å². The molecule has 0 saturated carbocycles. The van der Waals surface area contributed by atoms with Gasteiger partial charge in [0.1, 0.15) is 0 Å². The molecule has 4 aromatic rings. The van der Waals surface area contributed by atoms with Crippen molar-refractivity contribution in [3.05, 3.63) is 114 Å². The van der Waals surface area contributed by atoms with Gasteiger partial charge >= 0.3 is 0 Å². The van der Waals surface area contributed by atoms with Crippen LogP contribution < -0.4 is 9.13 Å². The lowest BCUT2D eigenvalue weighted by Crippen LogP contribution is -2.35. The van der Waals surface area contributed by atoms with Crippen LogP contribution in [0.4, 0.5) is 35.1 Å².